The molecular weight excluding hydrogens is 354 g/mol. The van der Waals surface area contributed by atoms with Crippen molar-refractivity contribution in [2.45, 2.75) is 6.61 Å². The molecule has 2 rings (SSSR count). The lowest BCUT2D eigenvalue weighted by Gasteiger charge is -2.12. The third-order valence-electron chi connectivity index (χ3n) is 3.05. The number of benzene rings is 1. The van der Waals surface area contributed by atoms with Crippen LogP contribution in [-0.4, -0.2) is 34.6 Å². The number of amides is 1. The zero-order valence-electron chi connectivity index (χ0n) is 13.0. The van der Waals surface area contributed by atoms with E-state index in [2.05, 4.69) is 11.5 Å². The number of thiocarbonyl (C=S) groups is 1. The minimum atomic E-state index is -0.492. The quantitative estimate of drug-likeness (QED) is 0.258. The molecule has 24 heavy (non-hydrogen) atoms. The molecule has 0 radical (unpaired) electrons. The summed E-state index contributed by atoms with van der Waals surface area (Å²) in [7, 11) is 3.00. The van der Waals surface area contributed by atoms with Crippen molar-refractivity contribution in [1.29, 1.82) is 0 Å². The van der Waals surface area contributed by atoms with Crippen LogP contribution in [0, 0.1) is 0 Å². The van der Waals surface area contributed by atoms with Gasteiger partial charge in [-0.05, 0) is 29.9 Å². The van der Waals surface area contributed by atoms with Gasteiger partial charge in [-0.15, -0.1) is 5.06 Å². The van der Waals surface area contributed by atoms with E-state index in [1.165, 1.54) is 14.2 Å². The number of aliphatic hydroxyl groups is 1. The van der Waals surface area contributed by atoms with Gasteiger partial charge in [-0.2, -0.15) is 0 Å². The van der Waals surface area contributed by atoms with Crippen molar-refractivity contribution in [3.8, 4) is 11.5 Å². The summed E-state index contributed by atoms with van der Waals surface area (Å²) in [4.78, 5) is 21.9. The van der Waals surface area contributed by atoms with Gasteiger partial charge in [-0.3, -0.25) is 4.79 Å². The molecule has 0 unspecified atom stereocenters. The molecule has 1 N–H and O–H groups in total. The molecular formula is C15H15NO6S2. The molecule has 1 amide bonds. The Bertz CT molecular complexity index is 678. The second kappa shape index (κ2) is 8.15. The molecule has 0 aromatic heterocycles. The predicted molar refractivity (Wildman–Crippen MR) is 92.8 cm³/mol. The molecule has 0 aliphatic carbocycles. The third-order valence-corrected chi connectivity index (χ3v) is 4.32. The van der Waals surface area contributed by atoms with Gasteiger partial charge in [0.15, 0.2) is 4.32 Å². The summed E-state index contributed by atoms with van der Waals surface area (Å²) in [5.41, 5.74) is 1.09. The molecule has 128 valence electrons. The smallest absolute Gasteiger partial charge is 0.293 e. The van der Waals surface area contributed by atoms with Crippen LogP contribution in [0.25, 0.3) is 6.08 Å². The highest BCUT2D eigenvalue weighted by molar-refractivity contribution is 8.26. The molecule has 9 heteroatoms. The molecule has 7 nitrogen and oxygen atoms in total. The minimum absolute atomic E-state index is 0.172. The van der Waals surface area contributed by atoms with Crippen molar-refractivity contribution in [3.63, 3.8) is 0 Å². The number of thioether (sulfide) groups is 1. The summed E-state index contributed by atoms with van der Waals surface area (Å²) in [5.74, 6) is 0.490. The number of hydroxylamine groups is 2. The third kappa shape index (κ3) is 3.70. The summed E-state index contributed by atoms with van der Waals surface area (Å²) in [6.45, 7) is 3.06. The molecule has 1 saturated heterocycles. The average molecular weight is 369 g/mol. The first kappa shape index (κ1) is 18.3. The Morgan fingerprint density at radius 1 is 1.38 bits per heavy atom. The minimum Gasteiger partial charge on any atom is -0.497 e. The van der Waals surface area contributed by atoms with E-state index in [1.54, 1.807) is 18.2 Å². The summed E-state index contributed by atoms with van der Waals surface area (Å²) in [6.07, 6.45) is 2.60. The van der Waals surface area contributed by atoms with Gasteiger partial charge in [0.25, 0.3) is 5.91 Å². The Labute approximate surface area is 148 Å². The number of nitrogens with zero attached hydrogens (tertiary/aromatic N) is 1. The normalized spacial score (nSPS) is 15.8. The first-order valence-electron chi connectivity index (χ1n) is 6.63. The topological polar surface area (TPSA) is 77.5 Å². The number of carbonyl (C=O) groups excluding carboxylic acids is 1. The van der Waals surface area contributed by atoms with E-state index in [9.17, 15) is 9.90 Å². The van der Waals surface area contributed by atoms with E-state index >= 15 is 0 Å². The second-order valence-electron chi connectivity index (χ2n) is 4.37. The van der Waals surface area contributed by atoms with Crippen LogP contribution in [0.3, 0.4) is 0 Å². The fourth-order valence-corrected chi connectivity index (χ4v) is 3.07. The SMILES string of the molecule is C=COON1C(=O)/C(=C\c2c(CO)cc(OC)cc2OC)SC1=S. The van der Waals surface area contributed by atoms with Crippen LogP contribution >= 0.6 is 24.0 Å². The van der Waals surface area contributed by atoms with E-state index in [-0.39, 0.29) is 10.9 Å². The number of ether oxygens (including phenoxy) is 2. The molecule has 1 aliphatic rings. The van der Waals surface area contributed by atoms with Crippen molar-refractivity contribution in [2.75, 3.05) is 14.2 Å². The molecule has 0 bridgehead atoms. The van der Waals surface area contributed by atoms with Crippen LogP contribution in [0.1, 0.15) is 11.1 Å². The van der Waals surface area contributed by atoms with E-state index < -0.39 is 5.91 Å². The van der Waals surface area contributed by atoms with Gasteiger partial charge in [0.05, 0.1) is 25.7 Å². The molecule has 1 aliphatic heterocycles. The van der Waals surface area contributed by atoms with E-state index in [0.29, 0.717) is 27.5 Å². The van der Waals surface area contributed by atoms with Crippen LogP contribution in [0.2, 0.25) is 0 Å². The summed E-state index contributed by atoms with van der Waals surface area (Å²) >= 11 is 6.11. The van der Waals surface area contributed by atoms with Crippen LogP contribution < -0.4 is 9.47 Å². The average Bonchev–Trinajstić information content (AvgIpc) is 2.86. The van der Waals surface area contributed by atoms with Crippen LogP contribution in [0.4, 0.5) is 0 Å². The standard InChI is InChI=1S/C15H15NO6S2/c1-4-21-22-16-14(18)13(24-15(16)23)7-11-9(8-17)5-10(19-2)6-12(11)20-3/h4-7,17H,1,8H2,2-3H3/b13-7+. The predicted octanol–water partition coefficient (Wildman–Crippen LogP) is 2.40. The fraction of sp³-hybridized carbons (Fsp3) is 0.200. The maximum Gasteiger partial charge on any atom is 0.293 e. The monoisotopic (exact) mass is 369 g/mol. The Kier molecular flexibility index (Phi) is 6.21. The van der Waals surface area contributed by atoms with Crippen LogP contribution in [-0.2, 0) is 21.3 Å². The highest BCUT2D eigenvalue weighted by Gasteiger charge is 2.35. The molecule has 1 fully saturated rings. The number of hydrogen-bond acceptors (Lipinski definition) is 8. The summed E-state index contributed by atoms with van der Waals surface area (Å²) in [6, 6.07) is 3.31. The second-order valence-corrected chi connectivity index (χ2v) is 6.05. The molecule has 0 spiro atoms. The van der Waals surface area contributed by atoms with Crippen molar-refractivity contribution in [3.05, 3.63) is 41.0 Å². The molecule has 1 aromatic carbocycles. The van der Waals surface area contributed by atoms with Gasteiger partial charge < -0.3 is 19.5 Å². The van der Waals surface area contributed by atoms with Gasteiger partial charge in [0.2, 0.25) is 0 Å². The lowest BCUT2D eigenvalue weighted by Crippen LogP contribution is -2.27. The Morgan fingerprint density at radius 2 is 2.12 bits per heavy atom. The first-order valence-corrected chi connectivity index (χ1v) is 7.86. The van der Waals surface area contributed by atoms with E-state index in [0.717, 1.165) is 23.1 Å². The van der Waals surface area contributed by atoms with Gasteiger partial charge in [-0.1, -0.05) is 23.3 Å². The molecule has 0 saturated carbocycles. The number of methoxy groups -OCH3 is 2. The number of hydrogen-bond donors (Lipinski definition) is 1. The van der Waals surface area contributed by atoms with E-state index in [4.69, 9.17) is 26.7 Å². The number of aliphatic hydroxyl groups excluding tert-OH is 1. The van der Waals surface area contributed by atoms with Crippen molar-refractivity contribution < 1.29 is 29.3 Å². The van der Waals surface area contributed by atoms with Crippen LogP contribution in [0.15, 0.2) is 29.9 Å². The van der Waals surface area contributed by atoms with Crippen molar-refractivity contribution in [2.24, 2.45) is 0 Å². The number of rotatable bonds is 7. The molecule has 1 heterocycles. The largest absolute Gasteiger partial charge is 0.497 e. The zero-order chi connectivity index (χ0) is 17.7. The maximum atomic E-state index is 12.3. The van der Waals surface area contributed by atoms with Crippen molar-refractivity contribution in [1.82, 2.24) is 5.06 Å². The Hall–Kier alpha value is -2.07. The van der Waals surface area contributed by atoms with Gasteiger partial charge in [0.1, 0.15) is 17.8 Å². The van der Waals surface area contributed by atoms with E-state index in [1.807, 2.05) is 0 Å². The summed E-state index contributed by atoms with van der Waals surface area (Å²) in [5, 5.41) is 10.4. The lowest BCUT2D eigenvalue weighted by molar-refractivity contribution is -0.350. The highest BCUT2D eigenvalue weighted by Crippen LogP contribution is 2.37. The van der Waals surface area contributed by atoms with Gasteiger partial charge in [0, 0.05) is 11.6 Å². The van der Waals surface area contributed by atoms with Gasteiger partial charge >= 0.3 is 0 Å². The van der Waals surface area contributed by atoms with Crippen LogP contribution in [0.5, 0.6) is 11.5 Å². The van der Waals surface area contributed by atoms with Gasteiger partial charge in [-0.25, -0.2) is 0 Å². The Balaban J connectivity index is 2.42. The highest BCUT2D eigenvalue weighted by atomic mass is 32.2. The van der Waals surface area contributed by atoms with Crippen molar-refractivity contribution >= 4 is 40.3 Å². The molecule has 0 atom stereocenters. The summed E-state index contributed by atoms with van der Waals surface area (Å²) < 4.78 is 10.7. The molecule has 1 aromatic rings. The maximum absolute atomic E-state index is 12.3. The number of carbonyl (C=O) groups is 1. The zero-order valence-corrected chi connectivity index (χ0v) is 14.6. The Morgan fingerprint density at radius 3 is 2.71 bits per heavy atom. The first-order chi connectivity index (χ1) is 11.5. The lowest BCUT2D eigenvalue weighted by atomic mass is 10.1. The fourth-order valence-electron chi connectivity index (χ4n) is 1.96.